The molecule has 0 spiro atoms. The van der Waals surface area contributed by atoms with Crippen LogP contribution in [0.2, 0.25) is 5.02 Å². The molecule has 0 fully saturated rings. The summed E-state index contributed by atoms with van der Waals surface area (Å²) in [6.45, 7) is 1.96. The van der Waals surface area contributed by atoms with Crippen LogP contribution in [0.4, 0.5) is 5.69 Å². The Bertz CT molecular complexity index is 582. The van der Waals surface area contributed by atoms with Gasteiger partial charge in [-0.15, -0.1) is 0 Å². The van der Waals surface area contributed by atoms with Crippen molar-refractivity contribution in [2.45, 2.75) is 13.5 Å². The van der Waals surface area contributed by atoms with Crippen molar-refractivity contribution in [1.82, 2.24) is 5.16 Å². The normalized spacial score (nSPS) is 10.3. The largest absolute Gasteiger partial charge is 0.484 e. The van der Waals surface area contributed by atoms with E-state index in [-0.39, 0.29) is 17.3 Å². The Kier molecular flexibility index (Phi) is 3.47. The molecule has 0 unspecified atom stereocenters. The SMILES string of the molecule is Cc1cc(COc2ccc([N+](=O)[O-])cc2Cl)on1. The first-order chi connectivity index (χ1) is 8.56. The molecule has 0 bridgehead atoms. The van der Waals surface area contributed by atoms with Crippen LogP contribution in [0.3, 0.4) is 0 Å². The zero-order chi connectivity index (χ0) is 13.1. The topological polar surface area (TPSA) is 78.4 Å². The lowest BCUT2D eigenvalue weighted by Crippen LogP contribution is -1.95. The van der Waals surface area contributed by atoms with Crippen molar-refractivity contribution in [3.63, 3.8) is 0 Å². The predicted molar refractivity (Wildman–Crippen MR) is 63.7 cm³/mol. The minimum absolute atomic E-state index is 0.0807. The zero-order valence-electron chi connectivity index (χ0n) is 9.42. The highest BCUT2D eigenvalue weighted by Gasteiger charge is 2.11. The summed E-state index contributed by atoms with van der Waals surface area (Å²) in [6.07, 6.45) is 0. The van der Waals surface area contributed by atoms with Gasteiger partial charge in [0.05, 0.1) is 15.6 Å². The number of nitrogens with zero attached hydrogens (tertiary/aromatic N) is 2. The molecule has 2 rings (SSSR count). The molecule has 1 aromatic heterocycles. The quantitative estimate of drug-likeness (QED) is 0.629. The summed E-state index contributed by atoms with van der Waals surface area (Å²) < 4.78 is 10.3. The number of aromatic nitrogens is 1. The number of nitro benzene ring substituents is 1. The molecule has 0 saturated heterocycles. The van der Waals surface area contributed by atoms with Gasteiger partial charge in [-0.1, -0.05) is 16.8 Å². The van der Waals surface area contributed by atoms with Gasteiger partial charge in [-0.05, 0) is 13.0 Å². The van der Waals surface area contributed by atoms with Crippen LogP contribution >= 0.6 is 11.6 Å². The van der Waals surface area contributed by atoms with E-state index in [0.717, 1.165) is 5.69 Å². The molecule has 0 radical (unpaired) electrons. The number of benzene rings is 1. The average molecular weight is 269 g/mol. The van der Waals surface area contributed by atoms with Crippen molar-refractivity contribution in [3.05, 3.63) is 50.9 Å². The number of aryl methyl sites for hydroxylation is 1. The van der Waals surface area contributed by atoms with Crippen molar-refractivity contribution in [2.75, 3.05) is 0 Å². The summed E-state index contributed by atoms with van der Waals surface area (Å²) in [5.74, 6) is 0.915. The van der Waals surface area contributed by atoms with Crippen molar-refractivity contribution in [3.8, 4) is 5.75 Å². The number of ether oxygens (including phenoxy) is 1. The first-order valence-electron chi connectivity index (χ1n) is 5.05. The second-order valence-electron chi connectivity index (χ2n) is 3.60. The summed E-state index contributed by atoms with van der Waals surface area (Å²) in [5, 5.41) is 14.4. The lowest BCUT2D eigenvalue weighted by molar-refractivity contribution is -0.384. The smallest absolute Gasteiger partial charge is 0.271 e. The first-order valence-corrected chi connectivity index (χ1v) is 5.43. The molecule has 94 valence electrons. The summed E-state index contributed by atoms with van der Waals surface area (Å²) >= 11 is 5.87. The van der Waals surface area contributed by atoms with Crippen LogP contribution in [0.25, 0.3) is 0 Å². The molecular weight excluding hydrogens is 260 g/mol. The van der Waals surface area contributed by atoms with Gasteiger partial charge in [0.25, 0.3) is 5.69 Å². The third-order valence-electron chi connectivity index (χ3n) is 2.17. The fourth-order valence-electron chi connectivity index (χ4n) is 1.35. The second-order valence-corrected chi connectivity index (χ2v) is 4.00. The average Bonchev–Trinajstić information content (AvgIpc) is 2.73. The summed E-state index contributed by atoms with van der Waals surface area (Å²) in [5.41, 5.74) is 0.672. The van der Waals surface area contributed by atoms with Gasteiger partial charge in [-0.25, -0.2) is 0 Å². The summed E-state index contributed by atoms with van der Waals surface area (Å²) in [6, 6.07) is 5.75. The van der Waals surface area contributed by atoms with Crippen LogP contribution < -0.4 is 4.74 Å². The maximum atomic E-state index is 10.5. The Morgan fingerprint density at radius 3 is 2.83 bits per heavy atom. The third-order valence-corrected chi connectivity index (χ3v) is 2.47. The minimum atomic E-state index is -0.518. The van der Waals surface area contributed by atoms with Crippen molar-refractivity contribution in [1.29, 1.82) is 0 Å². The number of non-ortho nitro benzene ring substituents is 1. The highest BCUT2D eigenvalue weighted by atomic mass is 35.5. The molecule has 6 nitrogen and oxygen atoms in total. The molecule has 0 aliphatic rings. The van der Waals surface area contributed by atoms with Crippen molar-refractivity contribution < 1.29 is 14.2 Å². The van der Waals surface area contributed by atoms with Crippen LogP contribution in [0.15, 0.2) is 28.8 Å². The van der Waals surface area contributed by atoms with Crippen LogP contribution in [-0.4, -0.2) is 10.1 Å². The van der Waals surface area contributed by atoms with E-state index in [1.807, 2.05) is 0 Å². The Morgan fingerprint density at radius 2 is 2.28 bits per heavy atom. The standard InChI is InChI=1S/C11H9ClN2O4/c1-7-4-9(18-13-7)6-17-11-3-2-8(14(15)16)5-10(11)12/h2-5H,6H2,1H3. The second kappa shape index (κ2) is 5.05. The lowest BCUT2D eigenvalue weighted by atomic mass is 10.3. The number of hydrogen-bond acceptors (Lipinski definition) is 5. The molecule has 0 aliphatic carbocycles. The molecular formula is C11H9ClN2O4. The molecule has 0 saturated carbocycles. The molecule has 0 aliphatic heterocycles. The van der Waals surface area contributed by atoms with E-state index in [1.54, 1.807) is 13.0 Å². The summed E-state index contributed by atoms with van der Waals surface area (Å²) in [4.78, 5) is 10.0. The number of nitro groups is 1. The molecule has 18 heavy (non-hydrogen) atoms. The fourth-order valence-corrected chi connectivity index (χ4v) is 1.58. The molecule has 1 aromatic carbocycles. The Labute approximate surface area is 107 Å². The van der Waals surface area contributed by atoms with Crippen molar-refractivity contribution in [2.24, 2.45) is 0 Å². The third kappa shape index (κ3) is 2.78. The molecule has 0 amide bonds. The Morgan fingerprint density at radius 1 is 1.50 bits per heavy atom. The van der Waals surface area contributed by atoms with E-state index in [4.69, 9.17) is 20.9 Å². The first kappa shape index (κ1) is 12.4. The highest BCUT2D eigenvalue weighted by molar-refractivity contribution is 6.32. The predicted octanol–water partition coefficient (Wildman–Crippen LogP) is 3.12. The Balaban J connectivity index is 2.08. The molecule has 0 N–H and O–H groups in total. The summed E-state index contributed by atoms with van der Waals surface area (Å²) in [7, 11) is 0. The van der Waals surface area contributed by atoms with Crippen LogP contribution in [0, 0.1) is 17.0 Å². The van der Waals surface area contributed by atoms with Crippen LogP contribution in [0.1, 0.15) is 11.5 Å². The number of hydrogen-bond donors (Lipinski definition) is 0. The zero-order valence-corrected chi connectivity index (χ0v) is 10.2. The van der Waals surface area contributed by atoms with E-state index in [9.17, 15) is 10.1 Å². The minimum Gasteiger partial charge on any atom is -0.484 e. The van der Waals surface area contributed by atoms with Gasteiger partial charge >= 0.3 is 0 Å². The van der Waals surface area contributed by atoms with Gasteiger partial charge < -0.3 is 9.26 Å². The number of halogens is 1. The molecule has 0 atom stereocenters. The maximum Gasteiger partial charge on any atom is 0.271 e. The lowest BCUT2D eigenvalue weighted by Gasteiger charge is -2.05. The highest BCUT2D eigenvalue weighted by Crippen LogP contribution is 2.29. The molecule has 1 heterocycles. The van der Waals surface area contributed by atoms with Gasteiger partial charge in [0.1, 0.15) is 12.4 Å². The molecule has 7 heteroatoms. The van der Waals surface area contributed by atoms with E-state index in [2.05, 4.69) is 5.16 Å². The molecule has 2 aromatic rings. The Hall–Kier alpha value is -2.08. The monoisotopic (exact) mass is 268 g/mol. The van der Waals surface area contributed by atoms with Gasteiger partial charge in [0.2, 0.25) is 0 Å². The van der Waals surface area contributed by atoms with Gasteiger partial charge in [0.15, 0.2) is 5.76 Å². The van der Waals surface area contributed by atoms with Crippen molar-refractivity contribution >= 4 is 17.3 Å². The van der Waals surface area contributed by atoms with Crippen LogP contribution in [0.5, 0.6) is 5.75 Å². The van der Waals surface area contributed by atoms with E-state index < -0.39 is 4.92 Å². The van der Waals surface area contributed by atoms with E-state index in [0.29, 0.717) is 11.5 Å². The van der Waals surface area contributed by atoms with Crippen LogP contribution in [-0.2, 0) is 6.61 Å². The van der Waals surface area contributed by atoms with Gasteiger partial charge in [-0.3, -0.25) is 10.1 Å². The number of rotatable bonds is 4. The van der Waals surface area contributed by atoms with E-state index >= 15 is 0 Å². The maximum absolute atomic E-state index is 10.5. The van der Waals surface area contributed by atoms with E-state index in [1.165, 1.54) is 18.2 Å². The van der Waals surface area contributed by atoms with Gasteiger partial charge in [0, 0.05) is 18.2 Å². The van der Waals surface area contributed by atoms with Gasteiger partial charge in [-0.2, -0.15) is 0 Å². The fraction of sp³-hybridized carbons (Fsp3) is 0.182.